The molecule has 0 bridgehead atoms. The predicted molar refractivity (Wildman–Crippen MR) is 62.3 cm³/mol. The third kappa shape index (κ3) is 2.06. The van der Waals surface area contributed by atoms with Gasteiger partial charge in [0.25, 0.3) is 5.91 Å². The fourth-order valence-corrected chi connectivity index (χ4v) is 1.62. The summed E-state index contributed by atoms with van der Waals surface area (Å²) in [6, 6.07) is 7.39. The predicted octanol–water partition coefficient (Wildman–Crippen LogP) is 1.28. The summed E-state index contributed by atoms with van der Waals surface area (Å²) in [5.74, 6) is -0.161. The number of benzene rings is 1. The Morgan fingerprint density at radius 1 is 1.50 bits per heavy atom. The minimum Gasteiger partial charge on any atom is -0.392 e. The maximum absolute atomic E-state index is 11.8. The molecule has 1 atom stereocenters. The summed E-state index contributed by atoms with van der Waals surface area (Å²) in [5, 5.41) is 12.7. The van der Waals surface area contributed by atoms with E-state index in [1.54, 1.807) is 19.2 Å². The van der Waals surface area contributed by atoms with Crippen molar-refractivity contribution in [1.82, 2.24) is 10.3 Å². The van der Waals surface area contributed by atoms with Crippen LogP contribution in [0.1, 0.15) is 17.3 Å². The number of aliphatic hydroxyl groups excluding tert-OH is 1. The van der Waals surface area contributed by atoms with E-state index in [0.717, 1.165) is 10.9 Å². The zero-order valence-corrected chi connectivity index (χ0v) is 9.03. The van der Waals surface area contributed by atoms with Gasteiger partial charge in [-0.05, 0) is 25.1 Å². The summed E-state index contributed by atoms with van der Waals surface area (Å²) >= 11 is 0. The molecule has 1 heterocycles. The molecular weight excluding hydrogens is 204 g/mol. The first-order chi connectivity index (χ1) is 7.68. The third-order valence-corrected chi connectivity index (χ3v) is 2.40. The zero-order chi connectivity index (χ0) is 11.5. The van der Waals surface area contributed by atoms with Crippen LogP contribution in [-0.2, 0) is 0 Å². The average molecular weight is 218 g/mol. The van der Waals surface area contributed by atoms with E-state index < -0.39 is 6.10 Å². The molecule has 0 aliphatic carbocycles. The topological polar surface area (TPSA) is 65.1 Å². The molecule has 0 spiro atoms. The van der Waals surface area contributed by atoms with Crippen molar-refractivity contribution >= 4 is 16.8 Å². The lowest BCUT2D eigenvalue weighted by Crippen LogP contribution is -2.30. The molecule has 84 valence electrons. The van der Waals surface area contributed by atoms with E-state index in [2.05, 4.69) is 10.3 Å². The number of fused-ring (bicyclic) bond motifs is 1. The van der Waals surface area contributed by atoms with Crippen molar-refractivity contribution in [2.24, 2.45) is 0 Å². The van der Waals surface area contributed by atoms with Crippen LogP contribution in [0, 0.1) is 0 Å². The Hall–Kier alpha value is -1.81. The largest absolute Gasteiger partial charge is 0.392 e. The van der Waals surface area contributed by atoms with E-state index in [0.29, 0.717) is 5.56 Å². The maximum atomic E-state index is 11.8. The second-order valence-corrected chi connectivity index (χ2v) is 3.80. The van der Waals surface area contributed by atoms with Crippen molar-refractivity contribution in [1.29, 1.82) is 0 Å². The van der Waals surface area contributed by atoms with Crippen LogP contribution in [0.15, 0.2) is 30.5 Å². The number of amides is 1. The van der Waals surface area contributed by atoms with Gasteiger partial charge in [-0.25, -0.2) is 0 Å². The quantitative estimate of drug-likeness (QED) is 0.726. The van der Waals surface area contributed by atoms with E-state index in [-0.39, 0.29) is 12.5 Å². The smallest absolute Gasteiger partial charge is 0.252 e. The van der Waals surface area contributed by atoms with Crippen molar-refractivity contribution in [2.75, 3.05) is 6.54 Å². The SMILES string of the molecule is CC(O)CNC(=O)c1cccc2[nH]ccc12. The van der Waals surface area contributed by atoms with Gasteiger partial charge >= 0.3 is 0 Å². The molecule has 4 heteroatoms. The molecule has 0 radical (unpaired) electrons. The fourth-order valence-electron chi connectivity index (χ4n) is 1.62. The summed E-state index contributed by atoms with van der Waals surface area (Å²) in [6.45, 7) is 1.90. The van der Waals surface area contributed by atoms with Crippen LogP contribution in [0.3, 0.4) is 0 Å². The standard InChI is InChI=1S/C12H14N2O2/c1-8(15)7-14-12(16)10-3-2-4-11-9(10)5-6-13-11/h2-6,8,13,15H,7H2,1H3,(H,14,16). The average Bonchev–Trinajstić information content (AvgIpc) is 2.73. The number of carbonyl (C=O) groups is 1. The van der Waals surface area contributed by atoms with E-state index in [1.165, 1.54) is 0 Å². The number of carbonyl (C=O) groups excluding carboxylic acids is 1. The number of H-pyrrole nitrogens is 1. The van der Waals surface area contributed by atoms with Gasteiger partial charge in [-0.15, -0.1) is 0 Å². The molecule has 1 unspecified atom stereocenters. The minimum absolute atomic E-state index is 0.161. The Morgan fingerprint density at radius 3 is 3.06 bits per heavy atom. The number of nitrogens with one attached hydrogen (secondary N) is 2. The lowest BCUT2D eigenvalue weighted by atomic mass is 10.1. The number of rotatable bonds is 3. The molecule has 1 aromatic carbocycles. The normalized spacial score (nSPS) is 12.6. The van der Waals surface area contributed by atoms with E-state index in [9.17, 15) is 4.79 Å². The second-order valence-electron chi connectivity index (χ2n) is 3.80. The van der Waals surface area contributed by atoms with Crippen molar-refractivity contribution in [3.8, 4) is 0 Å². The van der Waals surface area contributed by atoms with Gasteiger partial charge in [0.05, 0.1) is 6.10 Å². The number of hydrogen-bond acceptors (Lipinski definition) is 2. The molecule has 3 N–H and O–H groups in total. The van der Waals surface area contributed by atoms with Gasteiger partial charge in [-0.3, -0.25) is 4.79 Å². The van der Waals surface area contributed by atoms with Crippen LogP contribution in [0.2, 0.25) is 0 Å². The van der Waals surface area contributed by atoms with Crippen LogP contribution in [0.4, 0.5) is 0 Å². The van der Waals surface area contributed by atoms with Crippen LogP contribution in [0.5, 0.6) is 0 Å². The highest BCUT2D eigenvalue weighted by Gasteiger charge is 2.10. The molecule has 0 fully saturated rings. The number of aliphatic hydroxyl groups is 1. The first kappa shape index (κ1) is 10.7. The summed E-state index contributed by atoms with van der Waals surface area (Å²) < 4.78 is 0. The molecule has 1 aromatic heterocycles. The Balaban J connectivity index is 2.25. The van der Waals surface area contributed by atoms with Crippen LogP contribution in [-0.4, -0.2) is 28.6 Å². The molecule has 2 rings (SSSR count). The molecule has 0 saturated heterocycles. The lowest BCUT2D eigenvalue weighted by molar-refractivity contribution is 0.0925. The zero-order valence-electron chi connectivity index (χ0n) is 9.03. The molecule has 0 aliphatic rings. The Bertz CT molecular complexity index is 502. The van der Waals surface area contributed by atoms with Gasteiger partial charge in [-0.2, -0.15) is 0 Å². The summed E-state index contributed by atoms with van der Waals surface area (Å²) in [6.07, 6.45) is 1.27. The maximum Gasteiger partial charge on any atom is 0.252 e. The molecule has 2 aromatic rings. The second kappa shape index (κ2) is 4.37. The Labute approximate surface area is 93.3 Å². The summed E-state index contributed by atoms with van der Waals surface area (Å²) in [4.78, 5) is 14.9. The molecule has 0 saturated carbocycles. The van der Waals surface area contributed by atoms with Gasteiger partial charge < -0.3 is 15.4 Å². The molecule has 0 aliphatic heterocycles. The monoisotopic (exact) mass is 218 g/mol. The Morgan fingerprint density at radius 2 is 2.31 bits per heavy atom. The molecule has 4 nitrogen and oxygen atoms in total. The molecule has 1 amide bonds. The van der Waals surface area contributed by atoms with Gasteiger partial charge in [-0.1, -0.05) is 6.07 Å². The fraction of sp³-hybridized carbons (Fsp3) is 0.250. The van der Waals surface area contributed by atoms with Gasteiger partial charge in [0.1, 0.15) is 0 Å². The Kier molecular flexibility index (Phi) is 2.92. The number of hydrogen-bond donors (Lipinski definition) is 3. The van der Waals surface area contributed by atoms with Crippen molar-refractivity contribution in [3.05, 3.63) is 36.0 Å². The lowest BCUT2D eigenvalue weighted by Gasteiger charge is -2.07. The first-order valence-corrected chi connectivity index (χ1v) is 5.21. The highest BCUT2D eigenvalue weighted by molar-refractivity contribution is 6.06. The summed E-state index contributed by atoms with van der Waals surface area (Å²) in [5.41, 5.74) is 1.56. The minimum atomic E-state index is -0.533. The van der Waals surface area contributed by atoms with Gasteiger partial charge in [0.15, 0.2) is 0 Å². The van der Waals surface area contributed by atoms with Crippen LogP contribution < -0.4 is 5.32 Å². The highest BCUT2D eigenvalue weighted by Crippen LogP contribution is 2.16. The summed E-state index contributed by atoms with van der Waals surface area (Å²) in [7, 11) is 0. The number of aromatic amines is 1. The van der Waals surface area contributed by atoms with Crippen molar-refractivity contribution in [2.45, 2.75) is 13.0 Å². The molecule has 16 heavy (non-hydrogen) atoms. The van der Waals surface area contributed by atoms with Crippen molar-refractivity contribution < 1.29 is 9.90 Å². The van der Waals surface area contributed by atoms with Gasteiger partial charge in [0, 0.05) is 29.2 Å². The number of aromatic nitrogens is 1. The molecular formula is C12H14N2O2. The van der Waals surface area contributed by atoms with Crippen LogP contribution >= 0.6 is 0 Å². The van der Waals surface area contributed by atoms with E-state index in [1.807, 2.05) is 18.2 Å². The van der Waals surface area contributed by atoms with E-state index in [4.69, 9.17) is 5.11 Å². The van der Waals surface area contributed by atoms with Gasteiger partial charge in [0.2, 0.25) is 0 Å². The van der Waals surface area contributed by atoms with Crippen molar-refractivity contribution in [3.63, 3.8) is 0 Å². The van der Waals surface area contributed by atoms with Crippen LogP contribution in [0.25, 0.3) is 10.9 Å². The first-order valence-electron chi connectivity index (χ1n) is 5.21. The van der Waals surface area contributed by atoms with E-state index >= 15 is 0 Å². The highest BCUT2D eigenvalue weighted by atomic mass is 16.3. The third-order valence-electron chi connectivity index (χ3n) is 2.40.